The van der Waals surface area contributed by atoms with Crippen molar-refractivity contribution in [3.63, 3.8) is 0 Å². The normalized spacial score (nSPS) is 12.0. The molecule has 0 bridgehead atoms. The van der Waals surface area contributed by atoms with Crippen LogP contribution in [0, 0.1) is 0 Å². The Hall–Kier alpha value is -3.36. The molecule has 0 spiro atoms. The minimum Gasteiger partial charge on any atom is -0.481 e. The van der Waals surface area contributed by atoms with Crippen molar-refractivity contribution < 1.29 is 48.6 Å². The molecule has 0 fully saturated rings. The van der Waals surface area contributed by atoms with Crippen molar-refractivity contribution in [1.82, 2.24) is 15.7 Å². The number of carboxylic acids is 2. The van der Waals surface area contributed by atoms with Gasteiger partial charge in [0, 0.05) is 31.4 Å². The standard InChI is InChI=1S/C34H60N4O10S/c1-3-5-6-7-8-9-10-11-12-13-14-15-16-17-32(44)48-38(30(41)22-24-49-23-4-2)25-29(40)36-26(18-20-28(35)39)33(45)37-27(34(46)47)19-21-31(42)43/h26-27H,3-25H2,1-2H3,(H2,35,39)(H,36,40)(H,37,45)(H,42,43)(H,46,47)/t26-,27-/m0/s1. The fourth-order valence-corrected chi connectivity index (χ4v) is 5.69. The first kappa shape index (κ1) is 45.6. The number of thioether (sulfide) groups is 1. The Bertz CT molecular complexity index is 1010. The first-order valence-electron chi connectivity index (χ1n) is 17.8. The highest BCUT2D eigenvalue weighted by Crippen LogP contribution is 2.14. The molecule has 49 heavy (non-hydrogen) atoms. The summed E-state index contributed by atoms with van der Waals surface area (Å²) in [6.07, 6.45) is 14.3. The molecule has 0 aliphatic heterocycles. The van der Waals surface area contributed by atoms with Crippen LogP contribution in [0.3, 0.4) is 0 Å². The first-order chi connectivity index (χ1) is 23.4. The summed E-state index contributed by atoms with van der Waals surface area (Å²) in [6.45, 7) is 3.48. The van der Waals surface area contributed by atoms with Gasteiger partial charge < -0.3 is 31.4 Å². The van der Waals surface area contributed by atoms with Crippen LogP contribution in [0.2, 0.25) is 0 Å². The third-order valence-corrected chi connectivity index (χ3v) is 8.85. The maximum absolute atomic E-state index is 13.0. The second kappa shape index (κ2) is 29.5. The number of carbonyl (C=O) groups is 7. The van der Waals surface area contributed by atoms with E-state index in [1.807, 2.05) is 6.92 Å². The van der Waals surface area contributed by atoms with Gasteiger partial charge in [-0.3, -0.25) is 24.0 Å². The van der Waals surface area contributed by atoms with E-state index in [4.69, 9.17) is 15.7 Å². The van der Waals surface area contributed by atoms with Gasteiger partial charge in [-0.15, -0.1) is 0 Å². The second-order valence-corrected chi connectivity index (χ2v) is 13.4. The van der Waals surface area contributed by atoms with E-state index in [9.17, 15) is 38.7 Å². The largest absolute Gasteiger partial charge is 0.481 e. The Morgan fingerprint density at radius 2 is 1.22 bits per heavy atom. The molecule has 0 aromatic carbocycles. The number of rotatable bonds is 31. The highest BCUT2D eigenvalue weighted by atomic mass is 32.2. The van der Waals surface area contributed by atoms with Gasteiger partial charge >= 0.3 is 17.9 Å². The Labute approximate surface area is 295 Å². The average molecular weight is 717 g/mol. The lowest BCUT2D eigenvalue weighted by molar-refractivity contribution is -0.198. The Kier molecular flexibility index (Phi) is 27.5. The minimum atomic E-state index is -1.57. The maximum atomic E-state index is 13.0. The zero-order chi connectivity index (χ0) is 36.9. The van der Waals surface area contributed by atoms with E-state index < -0.39 is 73.0 Å². The van der Waals surface area contributed by atoms with Crippen molar-refractivity contribution in [2.45, 2.75) is 154 Å². The number of unbranched alkanes of at least 4 members (excludes halogenated alkanes) is 12. The predicted molar refractivity (Wildman–Crippen MR) is 187 cm³/mol. The molecule has 4 amide bonds. The number of nitrogens with two attached hydrogens (primary N) is 1. The summed E-state index contributed by atoms with van der Waals surface area (Å²) < 4.78 is 0. The van der Waals surface area contributed by atoms with Gasteiger partial charge in [-0.05, 0) is 31.4 Å². The molecule has 14 nitrogen and oxygen atoms in total. The summed E-state index contributed by atoms with van der Waals surface area (Å²) in [4.78, 5) is 90.6. The Morgan fingerprint density at radius 3 is 1.73 bits per heavy atom. The van der Waals surface area contributed by atoms with Gasteiger partial charge in [0.15, 0.2) is 0 Å². The summed E-state index contributed by atoms with van der Waals surface area (Å²) in [6, 6.07) is -3.01. The molecule has 0 unspecified atom stereocenters. The van der Waals surface area contributed by atoms with Gasteiger partial charge in [0.05, 0.1) is 0 Å². The zero-order valence-electron chi connectivity index (χ0n) is 29.5. The number of primary amides is 1. The van der Waals surface area contributed by atoms with E-state index in [-0.39, 0.29) is 25.7 Å². The van der Waals surface area contributed by atoms with Crippen molar-refractivity contribution in [2.24, 2.45) is 5.73 Å². The van der Waals surface area contributed by atoms with E-state index in [1.165, 1.54) is 63.1 Å². The second-order valence-electron chi connectivity index (χ2n) is 12.2. The number of hydrogen-bond donors (Lipinski definition) is 5. The molecule has 15 heteroatoms. The monoisotopic (exact) mass is 716 g/mol. The van der Waals surface area contributed by atoms with Crippen molar-refractivity contribution >= 4 is 53.3 Å². The molecule has 282 valence electrons. The molecule has 0 rings (SSSR count). The van der Waals surface area contributed by atoms with Crippen molar-refractivity contribution in [1.29, 1.82) is 0 Å². The van der Waals surface area contributed by atoms with E-state index in [0.29, 0.717) is 17.2 Å². The number of carbonyl (C=O) groups excluding carboxylic acids is 5. The lowest BCUT2D eigenvalue weighted by Crippen LogP contribution is -2.53. The summed E-state index contributed by atoms with van der Waals surface area (Å²) in [7, 11) is 0. The molecule has 0 aliphatic carbocycles. The molecule has 0 radical (unpaired) electrons. The predicted octanol–water partition coefficient (Wildman–Crippen LogP) is 4.47. The van der Waals surface area contributed by atoms with Gasteiger partial charge in [0.2, 0.25) is 17.7 Å². The van der Waals surface area contributed by atoms with Crippen LogP contribution in [0.5, 0.6) is 0 Å². The van der Waals surface area contributed by atoms with Crippen LogP contribution in [-0.4, -0.2) is 86.9 Å². The molecule has 0 saturated heterocycles. The van der Waals surface area contributed by atoms with Crippen LogP contribution in [0.4, 0.5) is 0 Å². The fraction of sp³-hybridized carbons (Fsp3) is 0.794. The molecule has 0 aromatic heterocycles. The van der Waals surface area contributed by atoms with Crippen molar-refractivity contribution in [3.8, 4) is 0 Å². The Morgan fingerprint density at radius 1 is 0.673 bits per heavy atom. The molecule has 2 atom stereocenters. The van der Waals surface area contributed by atoms with Gasteiger partial charge in [-0.2, -0.15) is 16.8 Å². The van der Waals surface area contributed by atoms with Crippen LogP contribution in [0.1, 0.15) is 142 Å². The number of nitrogens with one attached hydrogen (secondary N) is 2. The van der Waals surface area contributed by atoms with Crippen LogP contribution in [0.15, 0.2) is 0 Å². The third kappa shape index (κ3) is 26.2. The van der Waals surface area contributed by atoms with Gasteiger partial charge in [0.1, 0.15) is 18.6 Å². The number of carboxylic acid groups (broad SMARTS) is 2. The van der Waals surface area contributed by atoms with Crippen LogP contribution in [-0.2, 0) is 38.4 Å². The van der Waals surface area contributed by atoms with Crippen molar-refractivity contribution in [3.05, 3.63) is 0 Å². The van der Waals surface area contributed by atoms with Crippen LogP contribution >= 0.6 is 11.8 Å². The maximum Gasteiger partial charge on any atom is 0.332 e. The van der Waals surface area contributed by atoms with Gasteiger partial charge in [0.25, 0.3) is 5.91 Å². The summed E-state index contributed by atoms with van der Waals surface area (Å²) >= 11 is 1.54. The SMILES string of the molecule is CCCCCCCCCCCCCCCC(=O)ON(CC(=O)N[C@@H](CCC(N)=O)C(=O)N[C@@H](CCC(=O)O)C(=O)O)C(=O)CCSCCC. The topological polar surface area (TPSA) is 222 Å². The zero-order valence-corrected chi connectivity index (χ0v) is 30.3. The number of amides is 4. The van der Waals surface area contributed by atoms with E-state index >= 15 is 0 Å². The molecule has 0 aliphatic rings. The van der Waals surface area contributed by atoms with Crippen LogP contribution in [0.25, 0.3) is 0 Å². The number of hydrogen-bond acceptors (Lipinski definition) is 9. The third-order valence-electron chi connectivity index (χ3n) is 7.66. The first-order valence-corrected chi connectivity index (χ1v) is 19.0. The average Bonchev–Trinajstić information content (AvgIpc) is 3.04. The van der Waals surface area contributed by atoms with E-state index in [2.05, 4.69) is 17.6 Å². The fourth-order valence-electron chi connectivity index (χ4n) is 4.88. The number of nitrogens with zero attached hydrogens (tertiary/aromatic N) is 1. The minimum absolute atomic E-state index is 0.000570. The summed E-state index contributed by atoms with van der Waals surface area (Å²) in [5.41, 5.74) is 5.20. The van der Waals surface area contributed by atoms with E-state index in [0.717, 1.165) is 37.9 Å². The molecular formula is C34H60N4O10S. The lowest BCUT2D eigenvalue weighted by atomic mass is 10.0. The molecule has 0 heterocycles. The quantitative estimate of drug-likeness (QED) is 0.0497. The number of aliphatic carboxylic acids is 2. The summed E-state index contributed by atoms with van der Waals surface area (Å²) in [5, 5.41) is 23.5. The molecule has 0 saturated carbocycles. The number of hydroxylamine groups is 2. The molecule has 6 N–H and O–H groups in total. The molecular weight excluding hydrogens is 656 g/mol. The highest BCUT2D eigenvalue weighted by molar-refractivity contribution is 7.99. The smallest absolute Gasteiger partial charge is 0.332 e. The van der Waals surface area contributed by atoms with Crippen LogP contribution < -0.4 is 16.4 Å². The summed E-state index contributed by atoms with van der Waals surface area (Å²) in [5.74, 6) is -5.41. The van der Waals surface area contributed by atoms with Crippen molar-refractivity contribution in [2.75, 3.05) is 18.1 Å². The molecule has 0 aromatic rings. The Balaban J connectivity index is 5.09. The van der Waals surface area contributed by atoms with Gasteiger partial charge in [-0.25, -0.2) is 9.59 Å². The van der Waals surface area contributed by atoms with Gasteiger partial charge in [-0.1, -0.05) is 90.9 Å². The highest BCUT2D eigenvalue weighted by Gasteiger charge is 2.29. The lowest BCUT2D eigenvalue weighted by Gasteiger charge is -2.24. The van der Waals surface area contributed by atoms with E-state index in [1.54, 1.807) is 0 Å².